The fourth-order valence-electron chi connectivity index (χ4n) is 2.77. The Bertz CT molecular complexity index is 629. The summed E-state index contributed by atoms with van der Waals surface area (Å²) in [4.78, 5) is 28.3. The van der Waals surface area contributed by atoms with E-state index in [0.717, 1.165) is 23.7 Å². The second-order valence-electron chi connectivity index (χ2n) is 5.12. The number of aromatic amines is 1. The second kappa shape index (κ2) is 5.00. The molecule has 5 heteroatoms. The number of H-pyrrole nitrogens is 1. The molecule has 1 aliphatic heterocycles. The normalized spacial score (nSPS) is 19.2. The minimum atomic E-state index is -0.922. The first kappa shape index (κ1) is 12.7. The minimum Gasteiger partial charge on any atom is -0.480 e. The number of carbonyl (C=O) groups is 2. The number of rotatable bonds is 2. The first-order valence-corrected chi connectivity index (χ1v) is 6.78. The zero-order chi connectivity index (χ0) is 14.1. The van der Waals surface area contributed by atoms with Gasteiger partial charge in [-0.05, 0) is 31.4 Å². The number of para-hydroxylation sites is 1. The number of carboxylic acids is 1. The molecule has 1 fully saturated rings. The lowest BCUT2D eigenvalue weighted by Crippen LogP contribution is -2.48. The van der Waals surface area contributed by atoms with E-state index in [4.69, 9.17) is 0 Å². The van der Waals surface area contributed by atoms with Gasteiger partial charge in [-0.25, -0.2) is 4.79 Å². The fraction of sp³-hybridized carbons (Fsp3) is 0.333. The molecule has 5 nitrogen and oxygen atoms in total. The highest BCUT2D eigenvalue weighted by Gasteiger charge is 2.32. The molecule has 1 aromatic carbocycles. The highest BCUT2D eigenvalue weighted by molar-refractivity contribution is 5.99. The third-order valence-electron chi connectivity index (χ3n) is 3.81. The lowest BCUT2D eigenvalue weighted by Gasteiger charge is -2.32. The summed E-state index contributed by atoms with van der Waals surface area (Å²) in [6.07, 6.45) is 2.24. The number of aromatic nitrogens is 1. The van der Waals surface area contributed by atoms with Crippen LogP contribution >= 0.6 is 0 Å². The van der Waals surface area contributed by atoms with E-state index in [0.29, 0.717) is 18.7 Å². The van der Waals surface area contributed by atoms with Crippen LogP contribution in [0.4, 0.5) is 0 Å². The van der Waals surface area contributed by atoms with Gasteiger partial charge in [-0.3, -0.25) is 4.79 Å². The number of likely N-dealkylation sites (tertiary alicyclic amines) is 1. The molecule has 0 unspecified atom stereocenters. The van der Waals surface area contributed by atoms with Crippen LogP contribution in [0.3, 0.4) is 0 Å². The number of amides is 1. The minimum absolute atomic E-state index is 0.228. The molecule has 3 rings (SSSR count). The van der Waals surface area contributed by atoms with Crippen molar-refractivity contribution < 1.29 is 14.7 Å². The molecule has 1 aliphatic rings. The van der Waals surface area contributed by atoms with Gasteiger partial charge in [-0.1, -0.05) is 18.2 Å². The molecular weight excluding hydrogens is 256 g/mol. The summed E-state index contributed by atoms with van der Waals surface area (Å²) >= 11 is 0. The van der Waals surface area contributed by atoms with Crippen molar-refractivity contribution in [1.29, 1.82) is 0 Å². The van der Waals surface area contributed by atoms with Crippen molar-refractivity contribution in [2.24, 2.45) is 0 Å². The van der Waals surface area contributed by atoms with E-state index in [-0.39, 0.29) is 5.91 Å². The molecule has 0 aliphatic carbocycles. The maximum atomic E-state index is 12.5. The van der Waals surface area contributed by atoms with Gasteiger partial charge in [0, 0.05) is 17.4 Å². The molecule has 1 aromatic heterocycles. The summed E-state index contributed by atoms with van der Waals surface area (Å²) in [6, 6.07) is 8.71. The molecule has 1 atom stereocenters. The predicted octanol–water partition coefficient (Wildman–Crippen LogP) is 2.25. The Morgan fingerprint density at radius 1 is 1.25 bits per heavy atom. The van der Waals surface area contributed by atoms with E-state index >= 15 is 0 Å². The van der Waals surface area contributed by atoms with E-state index < -0.39 is 12.0 Å². The summed E-state index contributed by atoms with van der Waals surface area (Å²) in [7, 11) is 0. The van der Waals surface area contributed by atoms with Gasteiger partial charge in [0.05, 0.1) is 0 Å². The van der Waals surface area contributed by atoms with Crippen LogP contribution in [0.5, 0.6) is 0 Å². The zero-order valence-corrected chi connectivity index (χ0v) is 11.0. The van der Waals surface area contributed by atoms with Gasteiger partial charge in [0.25, 0.3) is 5.91 Å². The predicted molar refractivity (Wildman–Crippen MR) is 74.6 cm³/mol. The van der Waals surface area contributed by atoms with Gasteiger partial charge in [-0.15, -0.1) is 0 Å². The van der Waals surface area contributed by atoms with E-state index in [1.807, 2.05) is 24.3 Å². The number of carboxylic acid groups (broad SMARTS) is 1. The average Bonchev–Trinajstić information content (AvgIpc) is 2.90. The molecule has 1 saturated heterocycles. The summed E-state index contributed by atoms with van der Waals surface area (Å²) < 4.78 is 0. The number of aliphatic carboxylic acids is 1. The quantitative estimate of drug-likeness (QED) is 0.880. The van der Waals surface area contributed by atoms with Crippen molar-refractivity contribution in [2.75, 3.05) is 6.54 Å². The Morgan fingerprint density at radius 2 is 2.05 bits per heavy atom. The van der Waals surface area contributed by atoms with Gasteiger partial charge < -0.3 is 15.0 Å². The average molecular weight is 272 g/mol. The first-order valence-electron chi connectivity index (χ1n) is 6.78. The number of nitrogens with zero attached hydrogens (tertiary/aromatic N) is 1. The van der Waals surface area contributed by atoms with Crippen LogP contribution in [0, 0.1) is 0 Å². The number of fused-ring (bicyclic) bond motifs is 1. The molecule has 0 radical (unpaired) electrons. The van der Waals surface area contributed by atoms with Gasteiger partial charge in [0.1, 0.15) is 11.7 Å². The molecule has 20 heavy (non-hydrogen) atoms. The lowest BCUT2D eigenvalue weighted by atomic mass is 10.0. The van der Waals surface area contributed by atoms with E-state index in [2.05, 4.69) is 4.98 Å². The van der Waals surface area contributed by atoms with Crippen LogP contribution in [-0.4, -0.2) is 39.5 Å². The van der Waals surface area contributed by atoms with Crippen molar-refractivity contribution in [3.8, 4) is 0 Å². The van der Waals surface area contributed by atoms with Crippen molar-refractivity contribution in [3.05, 3.63) is 36.0 Å². The van der Waals surface area contributed by atoms with Gasteiger partial charge in [0.15, 0.2) is 0 Å². The summed E-state index contributed by atoms with van der Waals surface area (Å²) in [5.41, 5.74) is 1.35. The van der Waals surface area contributed by atoms with Crippen molar-refractivity contribution in [1.82, 2.24) is 9.88 Å². The molecule has 104 valence electrons. The topological polar surface area (TPSA) is 73.4 Å². The Labute approximate surface area is 116 Å². The van der Waals surface area contributed by atoms with Crippen LogP contribution in [0.15, 0.2) is 30.3 Å². The highest BCUT2D eigenvalue weighted by atomic mass is 16.4. The monoisotopic (exact) mass is 272 g/mol. The molecule has 0 bridgehead atoms. The third kappa shape index (κ3) is 2.15. The number of carbonyl (C=O) groups excluding carboxylic acids is 1. The molecule has 2 heterocycles. The highest BCUT2D eigenvalue weighted by Crippen LogP contribution is 2.22. The zero-order valence-electron chi connectivity index (χ0n) is 11.0. The standard InChI is InChI=1S/C15H16N2O3/c18-14(17-8-4-3-7-13(17)15(19)20)12-9-10-5-1-2-6-11(10)16-12/h1-2,5-6,9,13,16H,3-4,7-8H2,(H,19,20)/t13-/m0/s1. The van der Waals surface area contributed by atoms with Gasteiger partial charge in [0.2, 0.25) is 0 Å². The number of benzene rings is 1. The van der Waals surface area contributed by atoms with E-state index in [1.165, 1.54) is 4.90 Å². The lowest BCUT2D eigenvalue weighted by molar-refractivity contribution is -0.143. The molecule has 2 N–H and O–H groups in total. The van der Waals surface area contributed by atoms with Crippen LogP contribution in [0.2, 0.25) is 0 Å². The largest absolute Gasteiger partial charge is 0.480 e. The summed E-state index contributed by atoms with van der Waals surface area (Å²) in [5, 5.41) is 10.2. The number of piperidine rings is 1. The van der Waals surface area contributed by atoms with Gasteiger partial charge >= 0.3 is 5.97 Å². The molecule has 0 spiro atoms. The van der Waals surface area contributed by atoms with Crippen LogP contribution < -0.4 is 0 Å². The van der Waals surface area contributed by atoms with Crippen LogP contribution in [0.1, 0.15) is 29.8 Å². The van der Waals surface area contributed by atoms with Crippen LogP contribution in [-0.2, 0) is 4.79 Å². The fourth-order valence-corrected chi connectivity index (χ4v) is 2.77. The number of hydrogen-bond acceptors (Lipinski definition) is 2. The summed E-state index contributed by atoms with van der Waals surface area (Å²) in [5.74, 6) is -1.15. The maximum Gasteiger partial charge on any atom is 0.326 e. The number of hydrogen-bond donors (Lipinski definition) is 2. The SMILES string of the molecule is O=C(O)[C@@H]1CCCCN1C(=O)c1cc2ccccc2[nH]1. The van der Waals surface area contributed by atoms with Crippen molar-refractivity contribution >= 4 is 22.8 Å². The second-order valence-corrected chi connectivity index (χ2v) is 5.12. The molecule has 2 aromatic rings. The van der Waals surface area contributed by atoms with Gasteiger partial charge in [-0.2, -0.15) is 0 Å². The van der Waals surface area contributed by atoms with E-state index in [1.54, 1.807) is 6.07 Å². The van der Waals surface area contributed by atoms with E-state index in [9.17, 15) is 14.7 Å². The first-order chi connectivity index (χ1) is 9.66. The smallest absolute Gasteiger partial charge is 0.326 e. The van der Waals surface area contributed by atoms with Crippen LogP contribution in [0.25, 0.3) is 10.9 Å². The Balaban J connectivity index is 1.92. The van der Waals surface area contributed by atoms with Crippen molar-refractivity contribution in [2.45, 2.75) is 25.3 Å². The van der Waals surface area contributed by atoms with Crippen molar-refractivity contribution in [3.63, 3.8) is 0 Å². The Morgan fingerprint density at radius 3 is 2.80 bits per heavy atom. The Kier molecular flexibility index (Phi) is 3.18. The molecule has 0 saturated carbocycles. The maximum absolute atomic E-state index is 12.5. The molecule has 1 amide bonds. The number of nitrogens with one attached hydrogen (secondary N) is 1. The summed E-state index contributed by atoms with van der Waals surface area (Å²) in [6.45, 7) is 0.505. The molecular formula is C15H16N2O3. The third-order valence-corrected chi connectivity index (χ3v) is 3.81. The Hall–Kier alpha value is -2.30.